The van der Waals surface area contributed by atoms with Crippen molar-refractivity contribution in [2.75, 3.05) is 24.7 Å². The molecule has 0 unspecified atom stereocenters. The second-order valence-electron chi connectivity index (χ2n) is 13.5. The van der Waals surface area contributed by atoms with E-state index in [4.69, 9.17) is 35.7 Å². The van der Waals surface area contributed by atoms with Gasteiger partial charge in [-0.25, -0.2) is 24.3 Å². The number of rotatable bonds is 1. The molecule has 10 rings (SSSR count). The zero-order valence-electron chi connectivity index (χ0n) is 28.4. The molecule has 270 valence electrons. The fraction of sp³-hybridized carbons (Fsp3) is 0.205. The summed E-state index contributed by atoms with van der Waals surface area (Å²) in [6.07, 6.45) is 6.39. The zero-order valence-corrected chi connectivity index (χ0v) is 33.8. The average molecular weight is 933 g/mol. The fourth-order valence-corrected chi connectivity index (χ4v) is 9.66. The van der Waals surface area contributed by atoms with Crippen LogP contribution >= 0.6 is 62.0 Å². The molecule has 5 aliphatic rings. The fourth-order valence-electron chi connectivity index (χ4n) is 6.93. The Kier molecular flexibility index (Phi) is 8.88. The van der Waals surface area contributed by atoms with E-state index in [9.17, 15) is 4.39 Å². The molecule has 15 heteroatoms. The van der Waals surface area contributed by atoms with Crippen molar-refractivity contribution >= 4 is 72.4 Å². The normalized spacial score (nSPS) is 22.0. The van der Waals surface area contributed by atoms with Crippen molar-refractivity contribution in [3.8, 4) is 46.2 Å². The average Bonchev–Trinajstić information content (AvgIpc) is 3.75. The summed E-state index contributed by atoms with van der Waals surface area (Å²) < 4.78 is 33.9. The lowest BCUT2D eigenvalue weighted by atomic mass is 9.81. The number of hydrogen-bond acceptors (Lipinski definition) is 12. The molecular weight excluding hydrogens is 904 g/mol. The molecule has 5 aromatic rings. The minimum absolute atomic E-state index is 0.134. The molecule has 0 amide bonds. The van der Waals surface area contributed by atoms with Gasteiger partial charge in [0.25, 0.3) is 0 Å². The van der Waals surface area contributed by atoms with E-state index in [1.54, 1.807) is 24.2 Å². The molecule has 0 radical (unpaired) electrons. The second-order valence-corrected chi connectivity index (χ2v) is 17.6. The van der Waals surface area contributed by atoms with Crippen LogP contribution in [0.2, 0.25) is 0 Å². The molecule has 1 saturated heterocycles. The van der Waals surface area contributed by atoms with Crippen LogP contribution in [0.3, 0.4) is 0 Å². The van der Waals surface area contributed by atoms with Crippen molar-refractivity contribution in [1.29, 1.82) is 0 Å². The summed E-state index contributed by atoms with van der Waals surface area (Å²) in [6.45, 7) is 3.34. The van der Waals surface area contributed by atoms with Gasteiger partial charge in [-0.15, -0.1) is 0 Å². The van der Waals surface area contributed by atoms with E-state index in [0.717, 1.165) is 47.4 Å². The van der Waals surface area contributed by atoms with Gasteiger partial charge >= 0.3 is 0 Å². The first-order chi connectivity index (χ1) is 26.0. The maximum atomic E-state index is 14.5. The SMILES string of the molecule is CC1(C#Cc2cnc3c(c2)[C@]2(CSC(N)=N2)c2cc(-c4cnccc4F)ccc2O3)COC1.NC1=N[C@@]2(CS1)c1cc(I)ccc1Oc1ncc(Br)cc12. The number of amidine groups is 2. The highest BCUT2D eigenvalue weighted by Gasteiger charge is 2.48. The smallest absolute Gasteiger partial charge is 0.225 e. The zero-order chi connectivity index (χ0) is 37.2. The van der Waals surface area contributed by atoms with Crippen molar-refractivity contribution in [2.45, 2.75) is 18.0 Å². The van der Waals surface area contributed by atoms with Gasteiger partial charge in [0, 0.05) is 77.7 Å². The number of nitrogens with zero attached hydrogens (tertiary/aromatic N) is 5. The molecule has 2 spiro atoms. The highest BCUT2D eigenvalue weighted by atomic mass is 127. The van der Waals surface area contributed by atoms with Crippen molar-refractivity contribution in [2.24, 2.45) is 26.9 Å². The number of aromatic nitrogens is 3. The van der Waals surface area contributed by atoms with Crippen LogP contribution in [0.5, 0.6) is 23.3 Å². The van der Waals surface area contributed by atoms with Crippen LogP contribution in [-0.2, 0) is 15.8 Å². The Morgan fingerprint density at radius 3 is 2.09 bits per heavy atom. The lowest BCUT2D eigenvalue weighted by Crippen LogP contribution is -2.38. The molecular formula is C39H28BrFIN7O3S2. The van der Waals surface area contributed by atoms with Crippen molar-refractivity contribution in [3.05, 3.63) is 121 Å². The molecule has 10 nitrogen and oxygen atoms in total. The van der Waals surface area contributed by atoms with E-state index in [1.165, 1.54) is 30.2 Å². The lowest BCUT2D eigenvalue weighted by Gasteiger charge is -2.34. The first-order valence-corrected chi connectivity index (χ1v) is 20.5. The first kappa shape index (κ1) is 35.5. The standard InChI is InChI=1S/C25H19FN4O2S.C14H9BrIN3OS/c1-24(12-31-13-24)6-4-15-8-19-22(29-10-15)32-21-3-2-16(17-11-28-7-5-20(17)26)9-18(21)25(19)14-33-23(27)30-25;15-7-3-10-12(18-5-7)20-11-2-1-8(16)4-9(11)14(10)6-21-13(17)19-14/h2-3,5,7-11H,12-14H2,1H3,(H2,27,30);1-5H,6H2,(H2,17,19)/t25-;14-/m00/s1. The summed E-state index contributed by atoms with van der Waals surface area (Å²) in [5.74, 6) is 10.0. The van der Waals surface area contributed by atoms with E-state index in [-0.39, 0.29) is 11.2 Å². The Balaban J connectivity index is 0.000000157. The van der Waals surface area contributed by atoms with Crippen LogP contribution in [0.1, 0.15) is 34.7 Å². The maximum absolute atomic E-state index is 14.5. The Bertz CT molecular complexity index is 2470. The predicted octanol–water partition coefficient (Wildman–Crippen LogP) is 7.94. The molecule has 4 N–H and O–H groups in total. The highest BCUT2D eigenvalue weighted by molar-refractivity contribution is 14.1. The van der Waals surface area contributed by atoms with Gasteiger partial charge in [-0.3, -0.25) is 4.98 Å². The van der Waals surface area contributed by atoms with E-state index < -0.39 is 11.1 Å². The van der Waals surface area contributed by atoms with Crippen LogP contribution in [-0.4, -0.2) is 50.0 Å². The third-order valence-corrected chi connectivity index (χ3v) is 12.7. The van der Waals surface area contributed by atoms with Gasteiger partial charge in [0.15, 0.2) is 10.3 Å². The molecule has 3 aromatic heterocycles. The van der Waals surface area contributed by atoms with Gasteiger partial charge in [-0.05, 0) is 99.5 Å². The predicted molar refractivity (Wildman–Crippen MR) is 221 cm³/mol. The number of ether oxygens (including phenoxy) is 3. The highest BCUT2D eigenvalue weighted by Crippen LogP contribution is 2.54. The number of thioether (sulfide) groups is 2. The number of halogens is 3. The maximum Gasteiger partial charge on any atom is 0.225 e. The third-order valence-electron chi connectivity index (χ3n) is 9.67. The Labute approximate surface area is 340 Å². The molecule has 0 bridgehead atoms. The van der Waals surface area contributed by atoms with Gasteiger partial charge < -0.3 is 25.7 Å². The van der Waals surface area contributed by atoms with E-state index in [1.807, 2.05) is 42.5 Å². The van der Waals surface area contributed by atoms with Gasteiger partial charge in [0.05, 0.1) is 18.6 Å². The Morgan fingerprint density at radius 1 is 0.815 bits per heavy atom. The summed E-state index contributed by atoms with van der Waals surface area (Å²) in [5.41, 5.74) is 16.2. The molecule has 0 saturated carbocycles. The summed E-state index contributed by atoms with van der Waals surface area (Å²) in [5, 5.41) is 1.09. The minimum Gasteiger partial charge on any atom is -0.438 e. The molecule has 1 fully saturated rings. The van der Waals surface area contributed by atoms with Gasteiger partial charge in [-0.1, -0.05) is 41.4 Å². The molecule has 8 heterocycles. The van der Waals surface area contributed by atoms with Crippen LogP contribution in [0.15, 0.2) is 93.8 Å². The summed E-state index contributed by atoms with van der Waals surface area (Å²) in [6, 6.07) is 17.0. The quantitative estimate of drug-likeness (QED) is 0.126. The summed E-state index contributed by atoms with van der Waals surface area (Å²) in [4.78, 5) is 22.6. The number of hydrogen-bond donors (Lipinski definition) is 2. The molecule has 5 aliphatic heterocycles. The Morgan fingerprint density at radius 2 is 1.46 bits per heavy atom. The van der Waals surface area contributed by atoms with Gasteiger partial charge in [-0.2, -0.15) is 0 Å². The molecule has 2 atom stereocenters. The largest absolute Gasteiger partial charge is 0.438 e. The number of nitrogens with two attached hydrogens (primary N) is 2. The van der Waals surface area contributed by atoms with Crippen LogP contribution in [0.4, 0.5) is 4.39 Å². The van der Waals surface area contributed by atoms with E-state index in [0.29, 0.717) is 57.9 Å². The lowest BCUT2D eigenvalue weighted by molar-refractivity contribution is -0.0648. The first-order valence-electron chi connectivity index (χ1n) is 16.7. The molecule has 2 aromatic carbocycles. The second kappa shape index (κ2) is 13.5. The van der Waals surface area contributed by atoms with Crippen LogP contribution < -0.4 is 20.9 Å². The monoisotopic (exact) mass is 931 g/mol. The molecule has 54 heavy (non-hydrogen) atoms. The number of benzene rings is 2. The third kappa shape index (κ3) is 6.12. The number of aliphatic imine (C=N–C) groups is 2. The topological polar surface area (TPSA) is 143 Å². The Hall–Kier alpha value is -4.21. The number of pyridine rings is 3. The van der Waals surface area contributed by atoms with Crippen molar-refractivity contribution in [1.82, 2.24) is 15.0 Å². The van der Waals surface area contributed by atoms with Gasteiger partial charge in [0.1, 0.15) is 28.4 Å². The minimum atomic E-state index is -0.791. The molecule has 0 aliphatic carbocycles. The van der Waals surface area contributed by atoms with Crippen LogP contribution in [0, 0.1) is 26.6 Å². The van der Waals surface area contributed by atoms with Crippen molar-refractivity contribution < 1.29 is 18.6 Å². The number of fused-ring (bicyclic) bond motifs is 8. The van der Waals surface area contributed by atoms with Crippen LogP contribution in [0.25, 0.3) is 11.1 Å². The van der Waals surface area contributed by atoms with Crippen molar-refractivity contribution in [3.63, 3.8) is 0 Å². The van der Waals surface area contributed by atoms with E-state index >= 15 is 0 Å². The van der Waals surface area contributed by atoms with E-state index in [2.05, 4.69) is 78.3 Å². The summed E-state index contributed by atoms with van der Waals surface area (Å²) >= 11 is 8.83. The van der Waals surface area contributed by atoms with Gasteiger partial charge in [0.2, 0.25) is 11.8 Å². The summed E-state index contributed by atoms with van der Waals surface area (Å²) in [7, 11) is 0.